The van der Waals surface area contributed by atoms with Crippen molar-refractivity contribution in [3.63, 3.8) is 0 Å². The lowest BCUT2D eigenvalue weighted by molar-refractivity contribution is 0.397. The van der Waals surface area contributed by atoms with Gasteiger partial charge in [0, 0.05) is 4.47 Å². The number of halogens is 1. The molecular weight excluding hydrogens is 280 g/mol. The maximum atomic E-state index is 5.41. The molecular formula is C14H13BrO2. The molecule has 0 aromatic heterocycles. The van der Waals surface area contributed by atoms with Crippen LogP contribution in [0.15, 0.2) is 46.9 Å². The minimum absolute atomic E-state index is 0.794. The van der Waals surface area contributed by atoms with Crippen molar-refractivity contribution >= 4 is 15.9 Å². The van der Waals surface area contributed by atoms with E-state index in [0.717, 1.165) is 27.1 Å². The fourth-order valence-corrected chi connectivity index (χ4v) is 2.19. The summed E-state index contributed by atoms with van der Waals surface area (Å²) in [5.41, 5.74) is 2.05. The summed E-state index contributed by atoms with van der Waals surface area (Å²) < 4.78 is 11.8. The lowest BCUT2D eigenvalue weighted by atomic mass is 10.0. The third-order valence-corrected chi connectivity index (χ3v) is 2.99. The average Bonchev–Trinajstić information content (AvgIpc) is 2.38. The fraction of sp³-hybridized carbons (Fsp3) is 0.143. The van der Waals surface area contributed by atoms with Crippen LogP contribution in [-0.2, 0) is 0 Å². The van der Waals surface area contributed by atoms with Crippen LogP contribution >= 0.6 is 15.9 Å². The summed E-state index contributed by atoms with van der Waals surface area (Å²) in [7, 11) is 3.32. The van der Waals surface area contributed by atoms with Gasteiger partial charge in [-0.15, -0.1) is 0 Å². The zero-order valence-electron chi connectivity index (χ0n) is 9.74. The van der Waals surface area contributed by atoms with Gasteiger partial charge in [0.05, 0.1) is 19.8 Å². The monoisotopic (exact) mass is 292 g/mol. The summed E-state index contributed by atoms with van der Waals surface area (Å²) in [6, 6.07) is 13.9. The van der Waals surface area contributed by atoms with Crippen molar-refractivity contribution in [2.45, 2.75) is 0 Å². The van der Waals surface area contributed by atoms with E-state index in [1.165, 1.54) is 0 Å². The Kier molecular flexibility index (Phi) is 3.69. The molecule has 0 bridgehead atoms. The number of hydrogen-bond acceptors (Lipinski definition) is 2. The molecule has 0 heterocycles. The largest absolute Gasteiger partial charge is 0.496 e. The molecule has 0 unspecified atom stereocenters. The highest BCUT2D eigenvalue weighted by Crippen LogP contribution is 2.40. The molecule has 0 atom stereocenters. The van der Waals surface area contributed by atoms with Crippen molar-refractivity contribution < 1.29 is 9.47 Å². The molecule has 88 valence electrons. The Balaban J connectivity index is 2.66. The van der Waals surface area contributed by atoms with E-state index in [0.29, 0.717) is 0 Å². The normalized spacial score (nSPS) is 10.1. The van der Waals surface area contributed by atoms with Gasteiger partial charge in [-0.1, -0.05) is 46.3 Å². The summed E-state index contributed by atoms with van der Waals surface area (Å²) in [5.74, 6) is 1.59. The summed E-state index contributed by atoms with van der Waals surface area (Å²) >= 11 is 3.44. The highest BCUT2D eigenvalue weighted by atomic mass is 79.9. The van der Waals surface area contributed by atoms with Crippen LogP contribution < -0.4 is 9.47 Å². The molecule has 0 spiro atoms. The SMILES string of the molecule is COc1cc(Br)cc(OC)c1-c1ccccc1. The molecule has 2 aromatic carbocycles. The molecule has 0 radical (unpaired) electrons. The van der Waals surface area contributed by atoms with Crippen LogP contribution in [0, 0.1) is 0 Å². The standard InChI is InChI=1S/C14H13BrO2/c1-16-12-8-11(15)9-13(17-2)14(12)10-6-4-3-5-7-10/h3-9H,1-2H3. The van der Waals surface area contributed by atoms with Crippen molar-refractivity contribution in [1.82, 2.24) is 0 Å². The highest BCUT2D eigenvalue weighted by Gasteiger charge is 2.13. The third kappa shape index (κ3) is 2.44. The fourth-order valence-electron chi connectivity index (χ4n) is 1.77. The van der Waals surface area contributed by atoms with Gasteiger partial charge in [0.1, 0.15) is 11.5 Å². The van der Waals surface area contributed by atoms with Crippen molar-refractivity contribution in [2.75, 3.05) is 14.2 Å². The van der Waals surface area contributed by atoms with E-state index in [4.69, 9.17) is 9.47 Å². The quantitative estimate of drug-likeness (QED) is 0.847. The Bertz CT molecular complexity index is 484. The maximum Gasteiger partial charge on any atom is 0.131 e. The van der Waals surface area contributed by atoms with Gasteiger partial charge in [-0.3, -0.25) is 0 Å². The molecule has 0 saturated heterocycles. The van der Waals surface area contributed by atoms with Gasteiger partial charge in [-0.05, 0) is 17.7 Å². The number of hydrogen-bond donors (Lipinski definition) is 0. The van der Waals surface area contributed by atoms with Gasteiger partial charge >= 0.3 is 0 Å². The molecule has 17 heavy (non-hydrogen) atoms. The van der Waals surface area contributed by atoms with Crippen LogP contribution in [0.25, 0.3) is 11.1 Å². The van der Waals surface area contributed by atoms with E-state index < -0.39 is 0 Å². The number of ether oxygens (including phenoxy) is 2. The van der Waals surface area contributed by atoms with Crippen LogP contribution in [0.4, 0.5) is 0 Å². The first-order chi connectivity index (χ1) is 8.26. The first-order valence-corrected chi connectivity index (χ1v) is 6.02. The van der Waals surface area contributed by atoms with E-state index in [9.17, 15) is 0 Å². The lowest BCUT2D eigenvalue weighted by Crippen LogP contribution is -1.93. The smallest absolute Gasteiger partial charge is 0.131 e. The van der Waals surface area contributed by atoms with E-state index in [2.05, 4.69) is 15.9 Å². The topological polar surface area (TPSA) is 18.5 Å². The van der Waals surface area contributed by atoms with Gasteiger partial charge in [-0.25, -0.2) is 0 Å². The van der Waals surface area contributed by atoms with Crippen LogP contribution in [-0.4, -0.2) is 14.2 Å². The predicted molar refractivity (Wildman–Crippen MR) is 72.7 cm³/mol. The second-order valence-electron chi connectivity index (χ2n) is 3.55. The van der Waals surface area contributed by atoms with Gasteiger partial charge in [-0.2, -0.15) is 0 Å². The summed E-state index contributed by atoms with van der Waals surface area (Å²) in [4.78, 5) is 0. The third-order valence-electron chi connectivity index (χ3n) is 2.53. The minimum atomic E-state index is 0.794. The van der Waals surface area contributed by atoms with E-state index in [-0.39, 0.29) is 0 Å². The Morgan fingerprint density at radius 1 is 0.882 bits per heavy atom. The lowest BCUT2D eigenvalue weighted by Gasteiger charge is -2.14. The van der Waals surface area contributed by atoms with Crippen LogP contribution in [0.2, 0.25) is 0 Å². The summed E-state index contributed by atoms with van der Waals surface area (Å²) in [5, 5.41) is 0. The van der Waals surface area contributed by atoms with Crippen molar-refractivity contribution in [1.29, 1.82) is 0 Å². The Morgan fingerprint density at radius 3 is 1.88 bits per heavy atom. The van der Waals surface area contributed by atoms with Gasteiger partial charge < -0.3 is 9.47 Å². The number of rotatable bonds is 3. The zero-order valence-corrected chi connectivity index (χ0v) is 11.3. The van der Waals surface area contributed by atoms with Crippen LogP contribution in [0.1, 0.15) is 0 Å². The molecule has 0 aliphatic carbocycles. The van der Waals surface area contributed by atoms with E-state index in [1.54, 1.807) is 14.2 Å². The summed E-state index contributed by atoms with van der Waals surface area (Å²) in [6.07, 6.45) is 0. The second kappa shape index (κ2) is 5.23. The molecule has 0 fully saturated rings. The minimum Gasteiger partial charge on any atom is -0.496 e. The van der Waals surface area contributed by atoms with Crippen molar-refractivity contribution in [2.24, 2.45) is 0 Å². The molecule has 2 aromatic rings. The van der Waals surface area contributed by atoms with Gasteiger partial charge in [0.25, 0.3) is 0 Å². The molecule has 0 aliphatic rings. The van der Waals surface area contributed by atoms with Gasteiger partial charge in [0.15, 0.2) is 0 Å². The molecule has 3 heteroatoms. The van der Waals surface area contributed by atoms with Crippen LogP contribution in [0.3, 0.4) is 0 Å². The average molecular weight is 293 g/mol. The van der Waals surface area contributed by atoms with Gasteiger partial charge in [0.2, 0.25) is 0 Å². The molecule has 2 nitrogen and oxygen atoms in total. The first-order valence-electron chi connectivity index (χ1n) is 5.23. The number of benzene rings is 2. The Hall–Kier alpha value is -1.48. The van der Waals surface area contributed by atoms with Crippen molar-refractivity contribution in [3.8, 4) is 22.6 Å². The zero-order chi connectivity index (χ0) is 12.3. The molecule has 2 rings (SSSR count). The first kappa shape index (κ1) is 12.0. The maximum absolute atomic E-state index is 5.41. The Labute approximate surface area is 109 Å². The molecule has 0 aliphatic heterocycles. The van der Waals surface area contributed by atoms with Crippen molar-refractivity contribution in [3.05, 3.63) is 46.9 Å². The van der Waals surface area contributed by atoms with E-state index in [1.807, 2.05) is 42.5 Å². The Morgan fingerprint density at radius 2 is 1.41 bits per heavy atom. The highest BCUT2D eigenvalue weighted by molar-refractivity contribution is 9.10. The second-order valence-corrected chi connectivity index (χ2v) is 4.47. The molecule has 0 N–H and O–H groups in total. The number of methoxy groups -OCH3 is 2. The van der Waals surface area contributed by atoms with E-state index >= 15 is 0 Å². The molecule has 0 saturated carbocycles. The summed E-state index contributed by atoms with van der Waals surface area (Å²) in [6.45, 7) is 0. The molecule has 0 amide bonds. The van der Waals surface area contributed by atoms with Crippen LogP contribution in [0.5, 0.6) is 11.5 Å². The predicted octanol–water partition coefficient (Wildman–Crippen LogP) is 4.13.